The Morgan fingerprint density at radius 1 is 1.60 bits per heavy atom. The van der Waals surface area contributed by atoms with E-state index in [0.717, 1.165) is 0 Å². The molecule has 0 aromatic rings. The second-order valence-corrected chi connectivity index (χ2v) is 3.12. The predicted molar refractivity (Wildman–Crippen MR) is 40.4 cm³/mol. The van der Waals surface area contributed by atoms with Crippen LogP contribution in [0.1, 0.15) is 20.8 Å². The number of rotatable bonds is 0. The standard InChI is InChI=1S/C8H13NO/c1-5-7-6(2)10-8(3,4)9-7/h1,6-7,9H,2-4H3/t6-,7-/m0/s1. The van der Waals surface area contributed by atoms with Crippen molar-refractivity contribution in [2.75, 3.05) is 0 Å². The summed E-state index contributed by atoms with van der Waals surface area (Å²) in [7, 11) is 0. The molecule has 2 heteroatoms. The summed E-state index contributed by atoms with van der Waals surface area (Å²) in [6.45, 7) is 5.92. The minimum atomic E-state index is -0.254. The molecule has 0 aromatic heterocycles. The lowest BCUT2D eigenvalue weighted by atomic mass is 10.2. The molecule has 0 unspecified atom stereocenters. The van der Waals surface area contributed by atoms with E-state index in [9.17, 15) is 0 Å². The van der Waals surface area contributed by atoms with Crippen LogP contribution < -0.4 is 5.32 Å². The fourth-order valence-corrected chi connectivity index (χ4v) is 1.24. The normalized spacial score (nSPS) is 37.4. The quantitative estimate of drug-likeness (QED) is 0.500. The maximum Gasteiger partial charge on any atom is 0.115 e. The van der Waals surface area contributed by atoms with Gasteiger partial charge in [0.25, 0.3) is 0 Å². The van der Waals surface area contributed by atoms with Crippen molar-refractivity contribution in [2.24, 2.45) is 0 Å². The van der Waals surface area contributed by atoms with Crippen LogP contribution in [-0.2, 0) is 4.74 Å². The van der Waals surface area contributed by atoms with Crippen molar-refractivity contribution in [3.8, 4) is 12.3 Å². The highest BCUT2D eigenvalue weighted by Crippen LogP contribution is 2.19. The average Bonchev–Trinajstić information content (AvgIpc) is 2.05. The molecule has 0 amide bonds. The fraction of sp³-hybridized carbons (Fsp3) is 0.750. The van der Waals surface area contributed by atoms with E-state index in [4.69, 9.17) is 11.2 Å². The Bertz CT molecular complexity index is 169. The SMILES string of the molecule is C#C[C@@H]1NC(C)(C)O[C@H]1C. The lowest BCUT2D eigenvalue weighted by molar-refractivity contribution is -0.0162. The number of hydrogen-bond donors (Lipinski definition) is 1. The molecule has 0 aromatic carbocycles. The van der Waals surface area contributed by atoms with Gasteiger partial charge in [-0.25, -0.2) is 0 Å². The molecule has 0 saturated carbocycles. The van der Waals surface area contributed by atoms with Crippen LogP contribution in [0.25, 0.3) is 0 Å². The predicted octanol–water partition coefficient (Wildman–Crippen LogP) is 0.733. The van der Waals surface area contributed by atoms with E-state index in [1.807, 2.05) is 20.8 Å². The van der Waals surface area contributed by atoms with E-state index in [2.05, 4.69) is 11.2 Å². The van der Waals surface area contributed by atoms with E-state index >= 15 is 0 Å². The monoisotopic (exact) mass is 139 g/mol. The van der Waals surface area contributed by atoms with Gasteiger partial charge in [-0.05, 0) is 20.8 Å². The summed E-state index contributed by atoms with van der Waals surface area (Å²) < 4.78 is 5.50. The molecular weight excluding hydrogens is 126 g/mol. The first-order valence-corrected chi connectivity index (χ1v) is 3.47. The maximum atomic E-state index is 5.50. The molecule has 1 aliphatic heterocycles. The molecule has 1 saturated heterocycles. The van der Waals surface area contributed by atoms with Crippen LogP contribution in [0.2, 0.25) is 0 Å². The van der Waals surface area contributed by atoms with E-state index in [1.165, 1.54) is 0 Å². The minimum absolute atomic E-state index is 0.0648. The second-order valence-electron chi connectivity index (χ2n) is 3.12. The van der Waals surface area contributed by atoms with Crippen molar-refractivity contribution in [3.63, 3.8) is 0 Å². The van der Waals surface area contributed by atoms with Gasteiger partial charge in [0.15, 0.2) is 0 Å². The van der Waals surface area contributed by atoms with Crippen molar-refractivity contribution in [1.82, 2.24) is 5.32 Å². The zero-order valence-corrected chi connectivity index (χ0v) is 6.64. The van der Waals surface area contributed by atoms with Crippen LogP contribution in [0, 0.1) is 12.3 Å². The largest absolute Gasteiger partial charge is 0.356 e. The first-order valence-electron chi connectivity index (χ1n) is 3.47. The van der Waals surface area contributed by atoms with E-state index in [-0.39, 0.29) is 17.9 Å². The topological polar surface area (TPSA) is 21.3 Å². The van der Waals surface area contributed by atoms with Crippen LogP contribution in [0.15, 0.2) is 0 Å². The van der Waals surface area contributed by atoms with Gasteiger partial charge < -0.3 is 4.74 Å². The Hall–Kier alpha value is -0.520. The Kier molecular flexibility index (Phi) is 1.72. The van der Waals surface area contributed by atoms with Gasteiger partial charge in [0.05, 0.1) is 12.1 Å². The summed E-state index contributed by atoms with van der Waals surface area (Å²) in [5, 5.41) is 3.17. The summed E-state index contributed by atoms with van der Waals surface area (Å²) in [6, 6.07) is 0.0648. The molecule has 1 fully saturated rings. The van der Waals surface area contributed by atoms with Crippen molar-refractivity contribution >= 4 is 0 Å². The van der Waals surface area contributed by atoms with E-state index < -0.39 is 0 Å². The third-order valence-corrected chi connectivity index (χ3v) is 1.63. The molecule has 0 bridgehead atoms. The molecule has 1 rings (SSSR count). The number of terminal acetylenes is 1. The van der Waals surface area contributed by atoms with Gasteiger partial charge in [-0.1, -0.05) is 5.92 Å². The van der Waals surface area contributed by atoms with Gasteiger partial charge in [-0.2, -0.15) is 0 Å². The Morgan fingerprint density at radius 3 is 2.40 bits per heavy atom. The third-order valence-electron chi connectivity index (χ3n) is 1.63. The molecule has 0 aliphatic carbocycles. The number of nitrogens with one attached hydrogen (secondary N) is 1. The summed E-state index contributed by atoms with van der Waals surface area (Å²) in [5.74, 6) is 2.63. The number of ether oxygens (including phenoxy) is 1. The van der Waals surface area contributed by atoms with Gasteiger partial charge in [-0.3, -0.25) is 5.32 Å². The fourth-order valence-electron chi connectivity index (χ4n) is 1.24. The molecule has 2 nitrogen and oxygen atoms in total. The van der Waals surface area contributed by atoms with Crippen LogP contribution in [0.3, 0.4) is 0 Å². The van der Waals surface area contributed by atoms with Gasteiger partial charge in [-0.15, -0.1) is 6.42 Å². The zero-order valence-electron chi connectivity index (χ0n) is 6.64. The van der Waals surface area contributed by atoms with Gasteiger partial charge in [0.2, 0.25) is 0 Å². The Morgan fingerprint density at radius 2 is 2.20 bits per heavy atom. The van der Waals surface area contributed by atoms with E-state index in [0.29, 0.717) is 0 Å². The van der Waals surface area contributed by atoms with Crippen LogP contribution in [-0.4, -0.2) is 17.9 Å². The third kappa shape index (κ3) is 1.31. The van der Waals surface area contributed by atoms with Crippen LogP contribution in [0.5, 0.6) is 0 Å². The lowest BCUT2D eigenvalue weighted by Gasteiger charge is -2.16. The molecule has 2 atom stereocenters. The summed E-state index contributed by atoms with van der Waals surface area (Å²) >= 11 is 0. The van der Waals surface area contributed by atoms with Crippen molar-refractivity contribution in [2.45, 2.75) is 38.6 Å². The average molecular weight is 139 g/mol. The number of hydrogen-bond acceptors (Lipinski definition) is 2. The van der Waals surface area contributed by atoms with E-state index in [1.54, 1.807) is 0 Å². The smallest absolute Gasteiger partial charge is 0.115 e. The maximum absolute atomic E-state index is 5.50. The molecule has 56 valence electrons. The molecule has 10 heavy (non-hydrogen) atoms. The first kappa shape index (κ1) is 7.59. The highest BCUT2D eigenvalue weighted by Gasteiger charge is 2.35. The lowest BCUT2D eigenvalue weighted by Crippen LogP contribution is -2.37. The second kappa shape index (κ2) is 2.26. The van der Waals surface area contributed by atoms with Crippen LogP contribution >= 0.6 is 0 Å². The molecular formula is C8H13NO. The molecule has 1 heterocycles. The van der Waals surface area contributed by atoms with Crippen LogP contribution in [0.4, 0.5) is 0 Å². The van der Waals surface area contributed by atoms with Gasteiger partial charge in [0, 0.05) is 0 Å². The summed E-state index contributed by atoms with van der Waals surface area (Å²) in [6.07, 6.45) is 5.38. The minimum Gasteiger partial charge on any atom is -0.356 e. The molecule has 1 N–H and O–H groups in total. The molecule has 1 aliphatic rings. The summed E-state index contributed by atoms with van der Waals surface area (Å²) in [5.41, 5.74) is -0.254. The van der Waals surface area contributed by atoms with Gasteiger partial charge in [0.1, 0.15) is 5.72 Å². The highest BCUT2D eigenvalue weighted by molar-refractivity contribution is 5.07. The zero-order chi connectivity index (χ0) is 7.78. The van der Waals surface area contributed by atoms with Gasteiger partial charge >= 0.3 is 0 Å². The Labute approximate surface area is 62.0 Å². The summed E-state index contributed by atoms with van der Waals surface area (Å²) in [4.78, 5) is 0. The first-order chi connectivity index (χ1) is 4.55. The van der Waals surface area contributed by atoms with Crippen molar-refractivity contribution in [1.29, 1.82) is 0 Å². The molecule has 0 radical (unpaired) electrons. The Balaban J connectivity index is 2.63. The van der Waals surface area contributed by atoms with Crippen molar-refractivity contribution in [3.05, 3.63) is 0 Å². The highest BCUT2D eigenvalue weighted by atomic mass is 16.5. The molecule has 0 spiro atoms. The van der Waals surface area contributed by atoms with Crippen molar-refractivity contribution < 1.29 is 4.74 Å².